The van der Waals surface area contributed by atoms with Gasteiger partial charge in [-0.2, -0.15) is 0 Å². The molecule has 0 amide bonds. The van der Waals surface area contributed by atoms with Gasteiger partial charge in [0.25, 0.3) is 0 Å². The molecule has 0 saturated carbocycles. The third-order valence-corrected chi connectivity index (χ3v) is 3.97. The van der Waals surface area contributed by atoms with Gasteiger partial charge in [0.15, 0.2) is 0 Å². The van der Waals surface area contributed by atoms with Gasteiger partial charge in [0.2, 0.25) is 0 Å². The SMILES string of the molecule is CN(C)CCN1CCN(Cc2ccccc2C(=O)O)CC1. The van der Waals surface area contributed by atoms with Gasteiger partial charge in [-0.25, -0.2) is 4.79 Å². The minimum absolute atomic E-state index is 0.424. The summed E-state index contributed by atoms with van der Waals surface area (Å²) in [5.41, 5.74) is 1.33. The number of piperazine rings is 1. The van der Waals surface area contributed by atoms with Gasteiger partial charge in [-0.1, -0.05) is 18.2 Å². The van der Waals surface area contributed by atoms with Crippen LogP contribution in [0.1, 0.15) is 15.9 Å². The monoisotopic (exact) mass is 291 g/mol. The first kappa shape index (κ1) is 15.9. The van der Waals surface area contributed by atoms with E-state index in [2.05, 4.69) is 28.8 Å². The summed E-state index contributed by atoms with van der Waals surface area (Å²) in [5.74, 6) is -0.838. The van der Waals surface area contributed by atoms with E-state index in [9.17, 15) is 9.90 Å². The number of likely N-dealkylation sites (N-methyl/N-ethyl adjacent to an activating group) is 1. The second-order valence-corrected chi connectivity index (χ2v) is 5.88. The molecule has 0 radical (unpaired) electrons. The van der Waals surface area contributed by atoms with Crippen LogP contribution in [0, 0.1) is 0 Å². The van der Waals surface area contributed by atoms with Crippen LogP contribution in [0.2, 0.25) is 0 Å². The molecule has 2 rings (SSSR count). The van der Waals surface area contributed by atoms with Crippen molar-refractivity contribution in [2.75, 3.05) is 53.4 Å². The molecule has 1 heterocycles. The summed E-state index contributed by atoms with van der Waals surface area (Å²) in [6, 6.07) is 7.30. The van der Waals surface area contributed by atoms with Gasteiger partial charge in [-0.15, -0.1) is 0 Å². The smallest absolute Gasteiger partial charge is 0.336 e. The lowest BCUT2D eigenvalue weighted by Crippen LogP contribution is -2.47. The number of hydrogen-bond donors (Lipinski definition) is 1. The number of aromatic carboxylic acids is 1. The van der Waals surface area contributed by atoms with Crippen LogP contribution in [-0.4, -0.2) is 79.1 Å². The quantitative estimate of drug-likeness (QED) is 0.849. The van der Waals surface area contributed by atoms with E-state index in [0.717, 1.165) is 51.4 Å². The van der Waals surface area contributed by atoms with Gasteiger partial charge in [-0.3, -0.25) is 9.80 Å². The van der Waals surface area contributed by atoms with Crippen LogP contribution in [0.25, 0.3) is 0 Å². The third-order valence-electron chi connectivity index (χ3n) is 3.97. The summed E-state index contributed by atoms with van der Waals surface area (Å²) in [7, 11) is 4.19. The predicted molar refractivity (Wildman–Crippen MR) is 83.7 cm³/mol. The standard InChI is InChI=1S/C16H25N3O2/c1-17(2)7-8-18-9-11-19(12-10-18)13-14-5-3-4-6-15(14)16(20)21/h3-6H,7-13H2,1-2H3,(H,20,21). The average molecular weight is 291 g/mol. The largest absolute Gasteiger partial charge is 0.478 e. The molecule has 1 aromatic carbocycles. The molecule has 5 nitrogen and oxygen atoms in total. The second-order valence-electron chi connectivity index (χ2n) is 5.88. The van der Waals surface area contributed by atoms with Crippen molar-refractivity contribution in [2.45, 2.75) is 6.54 Å². The summed E-state index contributed by atoms with van der Waals surface area (Å²) in [6.45, 7) is 7.04. The van der Waals surface area contributed by atoms with Crippen molar-refractivity contribution in [2.24, 2.45) is 0 Å². The first-order chi connectivity index (χ1) is 10.1. The molecule has 21 heavy (non-hydrogen) atoms. The normalized spacial score (nSPS) is 17.3. The zero-order chi connectivity index (χ0) is 15.2. The highest BCUT2D eigenvalue weighted by Gasteiger charge is 2.18. The van der Waals surface area contributed by atoms with Crippen molar-refractivity contribution in [3.05, 3.63) is 35.4 Å². The van der Waals surface area contributed by atoms with Crippen LogP contribution < -0.4 is 0 Å². The fourth-order valence-corrected chi connectivity index (χ4v) is 2.62. The number of benzene rings is 1. The molecule has 1 saturated heterocycles. The Hall–Kier alpha value is -1.43. The van der Waals surface area contributed by atoms with Gasteiger partial charge in [0, 0.05) is 45.8 Å². The lowest BCUT2D eigenvalue weighted by Gasteiger charge is -2.35. The molecule has 1 N–H and O–H groups in total. The van der Waals surface area contributed by atoms with Gasteiger partial charge < -0.3 is 10.0 Å². The summed E-state index contributed by atoms with van der Waals surface area (Å²) < 4.78 is 0. The summed E-state index contributed by atoms with van der Waals surface area (Å²) in [4.78, 5) is 18.2. The zero-order valence-electron chi connectivity index (χ0n) is 13.0. The average Bonchev–Trinajstić information content (AvgIpc) is 2.47. The Labute approximate surface area is 126 Å². The number of carbonyl (C=O) groups is 1. The lowest BCUT2D eigenvalue weighted by atomic mass is 10.1. The molecule has 1 fully saturated rings. The van der Waals surface area contributed by atoms with E-state index in [1.807, 2.05) is 12.1 Å². The molecule has 5 heteroatoms. The van der Waals surface area contributed by atoms with E-state index in [1.165, 1.54) is 0 Å². The van der Waals surface area contributed by atoms with Crippen LogP contribution in [0.5, 0.6) is 0 Å². The topological polar surface area (TPSA) is 47.0 Å². The molecule has 0 spiro atoms. The lowest BCUT2D eigenvalue weighted by molar-refractivity contribution is 0.0692. The number of carboxylic acids is 1. The number of nitrogens with zero attached hydrogens (tertiary/aromatic N) is 3. The maximum absolute atomic E-state index is 11.2. The first-order valence-electron chi connectivity index (χ1n) is 7.47. The Morgan fingerprint density at radius 1 is 1.14 bits per heavy atom. The maximum atomic E-state index is 11.2. The minimum atomic E-state index is -0.838. The Kier molecular flexibility index (Phi) is 5.73. The van der Waals surface area contributed by atoms with E-state index >= 15 is 0 Å². The predicted octanol–water partition coefficient (Wildman–Crippen LogP) is 1.06. The van der Waals surface area contributed by atoms with Crippen LogP contribution in [0.3, 0.4) is 0 Å². The van der Waals surface area contributed by atoms with Gasteiger partial charge in [0.05, 0.1) is 5.56 Å². The Bertz CT molecular complexity index is 468. The summed E-state index contributed by atoms with van der Waals surface area (Å²) in [6.07, 6.45) is 0. The van der Waals surface area contributed by atoms with Crippen molar-refractivity contribution in [1.29, 1.82) is 0 Å². The van der Waals surface area contributed by atoms with Crippen molar-refractivity contribution in [3.8, 4) is 0 Å². The van der Waals surface area contributed by atoms with Crippen molar-refractivity contribution in [1.82, 2.24) is 14.7 Å². The molecule has 0 unspecified atom stereocenters. The molecule has 0 atom stereocenters. The van der Waals surface area contributed by atoms with E-state index in [1.54, 1.807) is 12.1 Å². The molecular weight excluding hydrogens is 266 g/mol. The van der Waals surface area contributed by atoms with E-state index in [4.69, 9.17) is 0 Å². The van der Waals surface area contributed by atoms with Crippen LogP contribution >= 0.6 is 0 Å². The van der Waals surface area contributed by atoms with Gasteiger partial charge in [-0.05, 0) is 25.7 Å². The van der Waals surface area contributed by atoms with Crippen LogP contribution in [0.15, 0.2) is 24.3 Å². The van der Waals surface area contributed by atoms with Crippen molar-refractivity contribution >= 4 is 5.97 Å². The van der Waals surface area contributed by atoms with Crippen molar-refractivity contribution < 1.29 is 9.90 Å². The van der Waals surface area contributed by atoms with E-state index < -0.39 is 5.97 Å². The highest BCUT2D eigenvalue weighted by Crippen LogP contribution is 2.13. The fourth-order valence-electron chi connectivity index (χ4n) is 2.62. The molecule has 0 aliphatic carbocycles. The second kappa shape index (κ2) is 7.54. The van der Waals surface area contributed by atoms with Gasteiger partial charge >= 0.3 is 5.97 Å². The number of hydrogen-bond acceptors (Lipinski definition) is 4. The molecule has 116 valence electrons. The first-order valence-corrected chi connectivity index (χ1v) is 7.47. The van der Waals surface area contributed by atoms with E-state index in [0.29, 0.717) is 5.56 Å². The minimum Gasteiger partial charge on any atom is -0.478 e. The Balaban J connectivity index is 1.85. The Morgan fingerprint density at radius 3 is 2.38 bits per heavy atom. The van der Waals surface area contributed by atoms with E-state index in [-0.39, 0.29) is 0 Å². The molecular formula is C16H25N3O2. The maximum Gasteiger partial charge on any atom is 0.336 e. The molecule has 1 aliphatic heterocycles. The fraction of sp³-hybridized carbons (Fsp3) is 0.562. The number of carboxylic acid groups (broad SMARTS) is 1. The summed E-state index contributed by atoms with van der Waals surface area (Å²) in [5, 5.41) is 9.23. The molecule has 0 aromatic heterocycles. The Morgan fingerprint density at radius 2 is 1.76 bits per heavy atom. The zero-order valence-corrected chi connectivity index (χ0v) is 13.0. The van der Waals surface area contributed by atoms with Crippen LogP contribution in [-0.2, 0) is 6.54 Å². The van der Waals surface area contributed by atoms with Crippen molar-refractivity contribution in [3.63, 3.8) is 0 Å². The highest BCUT2D eigenvalue weighted by molar-refractivity contribution is 5.89. The summed E-state index contributed by atoms with van der Waals surface area (Å²) >= 11 is 0. The van der Waals surface area contributed by atoms with Crippen LogP contribution in [0.4, 0.5) is 0 Å². The molecule has 1 aromatic rings. The van der Waals surface area contributed by atoms with Gasteiger partial charge in [0.1, 0.15) is 0 Å². The third kappa shape index (κ3) is 4.81. The molecule has 1 aliphatic rings. The molecule has 0 bridgehead atoms. The highest BCUT2D eigenvalue weighted by atomic mass is 16.4. The number of rotatable bonds is 6.